The molecule has 0 spiro atoms. The van der Waals surface area contributed by atoms with Crippen molar-refractivity contribution in [2.24, 2.45) is 0 Å². The largest absolute Gasteiger partial charge is 0.399 e. The Hall–Kier alpha value is -1.31. The number of nitrogens with one attached hydrogen (secondary N) is 1. The first-order chi connectivity index (χ1) is 9.28. The van der Waals surface area contributed by atoms with E-state index in [1.54, 1.807) is 12.1 Å². The topological polar surface area (TPSA) is 72.2 Å². The molecule has 0 bridgehead atoms. The van der Waals surface area contributed by atoms with Crippen LogP contribution in [-0.2, 0) is 10.0 Å². The minimum atomic E-state index is -3.96. The molecule has 0 aliphatic carbocycles. The molecule has 2 aromatic carbocycles. The second kappa shape index (κ2) is 5.59. The summed E-state index contributed by atoms with van der Waals surface area (Å²) < 4.78 is 40.5. The summed E-state index contributed by atoms with van der Waals surface area (Å²) in [7, 11) is -3.96. The predicted octanol–water partition coefficient (Wildman–Crippen LogP) is 3.62. The van der Waals surface area contributed by atoms with Gasteiger partial charge in [-0.2, -0.15) is 0 Å². The highest BCUT2D eigenvalue weighted by Gasteiger charge is 2.17. The van der Waals surface area contributed by atoms with E-state index in [4.69, 9.17) is 17.3 Å². The van der Waals surface area contributed by atoms with Crippen molar-refractivity contribution in [1.29, 1.82) is 0 Å². The maximum atomic E-state index is 13.2. The zero-order chi connectivity index (χ0) is 14.9. The number of rotatable bonds is 3. The normalized spacial score (nSPS) is 11.3. The van der Waals surface area contributed by atoms with Crippen molar-refractivity contribution in [1.82, 2.24) is 0 Å². The zero-order valence-electron chi connectivity index (χ0n) is 9.90. The smallest absolute Gasteiger partial charge is 0.262 e. The number of benzene rings is 2. The van der Waals surface area contributed by atoms with Crippen LogP contribution in [0.4, 0.5) is 15.8 Å². The molecule has 0 aromatic heterocycles. The van der Waals surface area contributed by atoms with Crippen LogP contribution in [0.25, 0.3) is 0 Å². The maximum absolute atomic E-state index is 13.2. The van der Waals surface area contributed by atoms with Crippen LogP contribution in [0.5, 0.6) is 0 Å². The molecule has 0 aliphatic heterocycles. The fourth-order valence-corrected chi connectivity index (χ4v) is 3.44. The van der Waals surface area contributed by atoms with Gasteiger partial charge in [0.05, 0.1) is 15.6 Å². The molecule has 0 saturated heterocycles. The van der Waals surface area contributed by atoms with Gasteiger partial charge in [-0.3, -0.25) is 4.72 Å². The van der Waals surface area contributed by atoms with E-state index in [-0.39, 0.29) is 21.3 Å². The van der Waals surface area contributed by atoms with Gasteiger partial charge in [0.2, 0.25) is 0 Å². The van der Waals surface area contributed by atoms with Crippen molar-refractivity contribution in [2.75, 3.05) is 10.5 Å². The number of sulfonamides is 1. The molecular weight excluding hydrogens is 371 g/mol. The quantitative estimate of drug-likeness (QED) is 0.800. The van der Waals surface area contributed by atoms with E-state index < -0.39 is 15.8 Å². The molecule has 106 valence electrons. The van der Waals surface area contributed by atoms with E-state index in [9.17, 15) is 12.8 Å². The fraction of sp³-hybridized carbons (Fsp3) is 0. The van der Waals surface area contributed by atoms with Gasteiger partial charge >= 0.3 is 0 Å². The fourth-order valence-electron chi connectivity index (χ4n) is 1.52. The molecule has 0 atom stereocenters. The van der Waals surface area contributed by atoms with Crippen LogP contribution < -0.4 is 10.5 Å². The van der Waals surface area contributed by atoms with Gasteiger partial charge in [0, 0.05) is 10.2 Å². The van der Waals surface area contributed by atoms with Gasteiger partial charge in [0.15, 0.2) is 0 Å². The third-order valence-corrected chi connectivity index (χ3v) is 4.53. The van der Waals surface area contributed by atoms with Gasteiger partial charge in [0.1, 0.15) is 5.82 Å². The molecule has 0 radical (unpaired) electrons. The monoisotopic (exact) mass is 378 g/mol. The molecule has 0 heterocycles. The molecule has 2 rings (SSSR count). The lowest BCUT2D eigenvalue weighted by atomic mass is 10.3. The van der Waals surface area contributed by atoms with E-state index in [0.29, 0.717) is 4.47 Å². The highest BCUT2D eigenvalue weighted by Crippen LogP contribution is 2.28. The Balaban J connectivity index is 2.40. The molecule has 0 amide bonds. The lowest BCUT2D eigenvalue weighted by Crippen LogP contribution is -2.14. The Kier molecular flexibility index (Phi) is 4.22. The summed E-state index contributed by atoms with van der Waals surface area (Å²) in [6, 6.07) is 7.74. The Bertz CT molecular complexity index is 748. The van der Waals surface area contributed by atoms with Crippen molar-refractivity contribution < 1.29 is 12.8 Å². The lowest BCUT2D eigenvalue weighted by Gasteiger charge is -2.10. The molecule has 0 saturated carbocycles. The molecule has 0 aliphatic rings. The Morgan fingerprint density at radius 2 is 1.90 bits per heavy atom. The van der Waals surface area contributed by atoms with Gasteiger partial charge in [0.25, 0.3) is 10.0 Å². The summed E-state index contributed by atoms with van der Waals surface area (Å²) in [6.45, 7) is 0. The zero-order valence-corrected chi connectivity index (χ0v) is 13.1. The van der Waals surface area contributed by atoms with Crippen molar-refractivity contribution in [3.05, 3.63) is 51.7 Å². The Morgan fingerprint density at radius 1 is 1.20 bits per heavy atom. The summed E-state index contributed by atoms with van der Waals surface area (Å²) in [6.07, 6.45) is 0. The summed E-state index contributed by atoms with van der Waals surface area (Å²) >= 11 is 9.14. The second-order valence-corrected chi connectivity index (χ2v) is 6.96. The van der Waals surface area contributed by atoms with Crippen LogP contribution in [-0.4, -0.2) is 8.42 Å². The first-order valence-corrected chi connectivity index (χ1v) is 7.97. The van der Waals surface area contributed by atoms with E-state index >= 15 is 0 Å². The number of halogens is 3. The average molecular weight is 380 g/mol. The maximum Gasteiger partial charge on any atom is 0.262 e. The van der Waals surface area contributed by atoms with Gasteiger partial charge in [-0.05, 0) is 36.4 Å². The van der Waals surface area contributed by atoms with Gasteiger partial charge in [-0.1, -0.05) is 27.5 Å². The van der Waals surface area contributed by atoms with Gasteiger partial charge in [-0.25, -0.2) is 12.8 Å². The van der Waals surface area contributed by atoms with Crippen molar-refractivity contribution in [3.63, 3.8) is 0 Å². The molecular formula is C12H9BrClFN2O2S. The summed E-state index contributed by atoms with van der Waals surface area (Å²) in [5, 5.41) is 0.215. The molecule has 8 heteroatoms. The summed E-state index contributed by atoms with van der Waals surface area (Å²) in [4.78, 5) is -0.269. The van der Waals surface area contributed by atoms with E-state index in [2.05, 4.69) is 20.7 Å². The lowest BCUT2D eigenvalue weighted by molar-refractivity contribution is 0.595. The van der Waals surface area contributed by atoms with Crippen molar-refractivity contribution >= 4 is 48.9 Å². The van der Waals surface area contributed by atoms with Crippen molar-refractivity contribution in [2.45, 2.75) is 4.90 Å². The van der Waals surface area contributed by atoms with Crippen LogP contribution in [0.2, 0.25) is 5.02 Å². The Morgan fingerprint density at radius 3 is 2.50 bits per heavy atom. The third kappa shape index (κ3) is 3.41. The average Bonchev–Trinajstić information content (AvgIpc) is 2.31. The summed E-state index contributed by atoms with van der Waals surface area (Å²) in [5.41, 5.74) is 5.65. The highest BCUT2D eigenvalue weighted by molar-refractivity contribution is 9.10. The number of nitrogen functional groups attached to an aromatic ring is 1. The van der Waals surface area contributed by atoms with Crippen LogP contribution >= 0.6 is 27.5 Å². The van der Waals surface area contributed by atoms with Crippen LogP contribution in [0.15, 0.2) is 45.8 Å². The van der Waals surface area contributed by atoms with E-state index in [1.807, 2.05) is 0 Å². The molecule has 2 aromatic rings. The number of hydrogen-bond acceptors (Lipinski definition) is 3. The van der Waals surface area contributed by atoms with E-state index in [1.165, 1.54) is 6.07 Å². The Labute approximate surface area is 128 Å². The second-order valence-electron chi connectivity index (χ2n) is 3.95. The standard InChI is InChI=1S/C12H9BrClFN2O2S/c13-7-1-2-12(11(14)3-7)17-20(18,19)10-5-8(15)4-9(16)6-10/h1-6,17H,16H2. The first-order valence-electron chi connectivity index (χ1n) is 5.32. The van der Waals surface area contributed by atoms with Crippen LogP contribution in [0.1, 0.15) is 0 Å². The minimum Gasteiger partial charge on any atom is -0.399 e. The van der Waals surface area contributed by atoms with Crippen LogP contribution in [0, 0.1) is 5.82 Å². The van der Waals surface area contributed by atoms with Crippen LogP contribution in [0.3, 0.4) is 0 Å². The highest BCUT2D eigenvalue weighted by atomic mass is 79.9. The number of hydrogen-bond donors (Lipinski definition) is 2. The first kappa shape index (κ1) is 15.1. The van der Waals surface area contributed by atoms with Crippen molar-refractivity contribution in [3.8, 4) is 0 Å². The molecule has 3 N–H and O–H groups in total. The van der Waals surface area contributed by atoms with Gasteiger partial charge < -0.3 is 5.73 Å². The molecule has 0 unspecified atom stereocenters. The SMILES string of the molecule is Nc1cc(F)cc(S(=O)(=O)Nc2ccc(Br)cc2Cl)c1. The third-order valence-electron chi connectivity index (χ3n) is 2.38. The van der Waals surface area contributed by atoms with E-state index in [0.717, 1.165) is 18.2 Å². The molecule has 20 heavy (non-hydrogen) atoms. The van der Waals surface area contributed by atoms with Gasteiger partial charge in [-0.15, -0.1) is 0 Å². The number of anilines is 2. The minimum absolute atomic E-state index is 0.0206. The summed E-state index contributed by atoms with van der Waals surface area (Å²) in [5.74, 6) is -0.729. The molecule has 0 fully saturated rings. The molecule has 4 nitrogen and oxygen atoms in total. The predicted molar refractivity (Wildman–Crippen MR) is 80.8 cm³/mol. The number of nitrogens with two attached hydrogens (primary N) is 1.